The number of aromatic nitrogens is 2. The highest BCUT2D eigenvalue weighted by Crippen LogP contribution is 2.34. The summed E-state index contributed by atoms with van der Waals surface area (Å²) in [5, 5.41) is 2.87. The van der Waals surface area contributed by atoms with Crippen LogP contribution < -0.4 is 0 Å². The minimum atomic E-state index is -3.16. The van der Waals surface area contributed by atoms with Crippen LogP contribution in [0.3, 0.4) is 0 Å². The first kappa shape index (κ1) is 22.8. The highest BCUT2D eigenvalue weighted by molar-refractivity contribution is 6.32. The number of hydrogen-bond donors (Lipinski definition) is 0. The third-order valence-electron chi connectivity index (χ3n) is 4.82. The number of carbonyl (C=O) groups excluding carboxylic acids is 1. The molecule has 0 spiro atoms. The van der Waals surface area contributed by atoms with Gasteiger partial charge in [-0.25, -0.2) is 22.0 Å². The molecule has 1 aliphatic rings. The van der Waals surface area contributed by atoms with E-state index in [4.69, 9.17) is 23.2 Å². The van der Waals surface area contributed by atoms with Gasteiger partial charge in [-0.05, 0) is 12.1 Å². The van der Waals surface area contributed by atoms with Crippen LogP contribution in [-0.4, -0.2) is 51.7 Å². The van der Waals surface area contributed by atoms with Gasteiger partial charge >= 0.3 is 0 Å². The summed E-state index contributed by atoms with van der Waals surface area (Å²) in [7, 11) is 0. The van der Waals surface area contributed by atoms with Gasteiger partial charge < -0.3 is 4.90 Å². The fourth-order valence-electron chi connectivity index (χ4n) is 3.23. The highest BCUT2D eigenvalue weighted by atomic mass is 35.5. The largest absolute Gasteiger partial charge is 0.339 e. The third kappa shape index (κ3) is 4.87. The summed E-state index contributed by atoms with van der Waals surface area (Å²) in [5.41, 5.74) is -1.54. The third-order valence-corrected chi connectivity index (χ3v) is 5.56. The summed E-state index contributed by atoms with van der Waals surface area (Å²) < 4.78 is 66.7. The zero-order valence-corrected chi connectivity index (χ0v) is 17.0. The lowest BCUT2D eigenvalue weighted by Crippen LogP contribution is -2.49. The van der Waals surface area contributed by atoms with Crippen LogP contribution in [0, 0.1) is 5.82 Å². The number of alkyl halides is 4. The van der Waals surface area contributed by atoms with Crippen LogP contribution in [0.4, 0.5) is 22.0 Å². The molecule has 0 radical (unpaired) electrons. The van der Waals surface area contributed by atoms with Crippen LogP contribution in [-0.2, 0) is 17.9 Å². The second kappa shape index (κ2) is 9.49. The molecule has 12 heteroatoms. The van der Waals surface area contributed by atoms with Gasteiger partial charge in [0.25, 0.3) is 12.9 Å². The van der Waals surface area contributed by atoms with Gasteiger partial charge in [-0.15, -0.1) is 0 Å². The molecule has 0 aliphatic carbocycles. The smallest absolute Gasteiger partial charge is 0.283 e. The van der Waals surface area contributed by atoms with E-state index in [-0.39, 0.29) is 19.6 Å². The summed E-state index contributed by atoms with van der Waals surface area (Å²) >= 11 is 11.6. The van der Waals surface area contributed by atoms with E-state index in [0.29, 0.717) is 28.4 Å². The standard InChI is InChI=1S/C18H17Cl2F5N4O/c19-11-2-1-3-12(21)10(11)8-27-4-6-28(7-5-27)13(30)9-29-16(18(24)25)14(20)15(26-29)17(22)23/h1-3,17-18H,4-9H2. The lowest BCUT2D eigenvalue weighted by atomic mass is 10.2. The first-order valence-electron chi connectivity index (χ1n) is 8.94. The van der Waals surface area contributed by atoms with E-state index in [1.165, 1.54) is 17.0 Å². The quantitative estimate of drug-likeness (QED) is 0.581. The van der Waals surface area contributed by atoms with Gasteiger partial charge in [-0.3, -0.25) is 14.4 Å². The highest BCUT2D eigenvalue weighted by Gasteiger charge is 2.30. The number of hydrogen-bond acceptors (Lipinski definition) is 3. The van der Waals surface area contributed by atoms with Gasteiger partial charge in [-0.2, -0.15) is 5.10 Å². The fraction of sp³-hybridized carbons (Fsp3) is 0.444. The number of rotatable bonds is 6. The van der Waals surface area contributed by atoms with Crippen LogP contribution in [0.25, 0.3) is 0 Å². The number of halogens is 7. The normalized spacial score (nSPS) is 15.4. The van der Waals surface area contributed by atoms with E-state index in [1.807, 2.05) is 4.90 Å². The van der Waals surface area contributed by atoms with Crippen molar-refractivity contribution in [1.82, 2.24) is 19.6 Å². The van der Waals surface area contributed by atoms with Crippen LogP contribution >= 0.6 is 23.2 Å². The Labute approximate surface area is 178 Å². The average molecular weight is 471 g/mol. The summed E-state index contributed by atoms with van der Waals surface area (Å²) in [6.45, 7) is 0.943. The molecule has 3 rings (SSSR count). The van der Waals surface area contributed by atoms with Crippen molar-refractivity contribution in [3.05, 3.63) is 51.0 Å². The Morgan fingerprint density at radius 1 is 1.07 bits per heavy atom. The molecule has 1 aliphatic heterocycles. The predicted molar refractivity (Wildman–Crippen MR) is 100 cm³/mol. The molecule has 0 N–H and O–H groups in total. The van der Waals surface area contributed by atoms with Gasteiger partial charge in [0.15, 0.2) is 0 Å². The molecular formula is C18H17Cl2F5N4O. The Hall–Kier alpha value is -1.91. The maximum atomic E-state index is 13.9. The number of carbonyl (C=O) groups is 1. The molecule has 0 bridgehead atoms. The number of nitrogens with zero attached hydrogens (tertiary/aromatic N) is 4. The van der Waals surface area contributed by atoms with E-state index >= 15 is 0 Å². The second-order valence-corrected chi connectivity index (χ2v) is 7.49. The summed E-state index contributed by atoms with van der Waals surface area (Å²) in [6, 6.07) is 4.40. The number of piperazine rings is 1. The van der Waals surface area contributed by atoms with E-state index in [2.05, 4.69) is 5.10 Å². The Balaban J connectivity index is 1.63. The van der Waals surface area contributed by atoms with Crippen LogP contribution in [0.1, 0.15) is 29.8 Å². The molecule has 1 fully saturated rings. The van der Waals surface area contributed by atoms with Crippen molar-refractivity contribution >= 4 is 29.1 Å². The molecule has 1 amide bonds. The molecule has 0 saturated carbocycles. The van der Waals surface area contributed by atoms with E-state index < -0.39 is 47.5 Å². The van der Waals surface area contributed by atoms with Gasteiger partial charge in [0, 0.05) is 43.3 Å². The predicted octanol–water partition coefficient (Wildman–Crippen LogP) is 4.55. The van der Waals surface area contributed by atoms with Crippen LogP contribution in [0.5, 0.6) is 0 Å². The first-order valence-corrected chi connectivity index (χ1v) is 9.70. The Kier molecular flexibility index (Phi) is 7.20. The van der Waals surface area contributed by atoms with E-state index in [9.17, 15) is 26.7 Å². The van der Waals surface area contributed by atoms with Gasteiger partial charge in [-0.1, -0.05) is 29.3 Å². The molecule has 1 saturated heterocycles. The van der Waals surface area contributed by atoms with Crippen LogP contribution in [0.2, 0.25) is 10.0 Å². The van der Waals surface area contributed by atoms with E-state index in [0.717, 1.165) is 0 Å². The monoisotopic (exact) mass is 470 g/mol. The average Bonchev–Trinajstić information content (AvgIpc) is 3.01. The molecule has 164 valence electrons. The van der Waals surface area contributed by atoms with Crippen molar-refractivity contribution in [3.8, 4) is 0 Å². The molecule has 0 atom stereocenters. The maximum absolute atomic E-state index is 13.9. The van der Waals surface area contributed by atoms with Crippen molar-refractivity contribution in [2.75, 3.05) is 26.2 Å². The van der Waals surface area contributed by atoms with Crippen molar-refractivity contribution in [2.45, 2.75) is 25.9 Å². The second-order valence-electron chi connectivity index (χ2n) is 6.70. The molecule has 5 nitrogen and oxygen atoms in total. The fourth-order valence-corrected chi connectivity index (χ4v) is 3.75. The van der Waals surface area contributed by atoms with Crippen molar-refractivity contribution in [2.24, 2.45) is 0 Å². The van der Waals surface area contributed by atoms with Crippen molar-refractivity contribution < 1.29 is 26.7 Å². The molecular weight excluding hydrogens is 454 g/mol. The lowest BCUT2D eigenvalue weighted by Gasteiger charge is -2.35. The molecule has 0 unspecified atom stereocenters. The summed E-state index contributed by atoms with van der Waals surface area (Å²) in [6.07, 6.45) is -6.30. The molecule has 2 aromatic rings. The SMILES string of the molecule is O=C(Cn1nc(C(F)F)c(Cl)c1C(F)F)N1CCN(Cc2c(F)cccc2Cl)CC1. The zero-order valence-electron chi connectivity index (χ0n) is 15.5. The summed E-state index contributed by atoms with van der Waals surface area (Å²) in [4.78, 5) is 15.8. The Morgan fingerprint density at radius 2 is 1.73 bits per heavy atom. The summed E-state index contributed by atoms with van der Waals surface area (Å²) in [5.74, 6) is -0.980. The van der Waals surface area contributed by atoms with Crippen molar-refractivity contribution in [3.63, 3.8) is 0 Å². The van der Waals surface area contributed by atoms with Gasteiger partial charge in [0.1, 0.15) is 23.7 Å². The van der Waals surface area contributed by atoms with Gasteiger partial charge in [0.05, 0.1) is 5.02 Å². The Morgan fingerprint density at radius 3 is 2.30 bits per heavy atom. The maximum Gasteiger partial charge on any atom is 0.283 e. The topological polar surface area (TPSA) is 41.4 Å². The lowest BCUT2D eigenvalue weighted by molar-refractivity contribution is -0.134. The minimum absolute atomic E-state index is 0.256. The Bertz CT molecular complexity index is 896. The van der Waals surface area contributed by atoms with Crippen LogP contribution in [0.15, 0.2) is 18.2 Å². The van der Waals surface area contributed by atoms with Gasteiger partial charge in [0.2, 0.25) is 5.91 Å². The zero-order chi connectivity index (χ0) is 22.0. The number of benzene rings is 1. The first-order chi connectivity index (χ1) is 14.2. The molecule has 30 heavy (non-hydrogen) atoms. The molecule has 1 aromatic heterocycles. The van der Waals surface area contributed by atoms with E-state index in [1.54, 1.807) is 6.07 Å². The number of amides is 1. The molecule has 2 heterocycles. The minimum Gasteiger partial charge on any atom is -0.339 e. The van der Waals surface area contributed by atoms with Crippen molar-refractivity contribution in [1.29, 1.82) is 0 Å². The molecule has 1 aromatic carbocycles.